The average Bonchev–Trinajstić information content (AvgIpc) is 2.88. The van der Waals surface area contributed by atoms with Gasteiger partial charge in [0, 0.05) is 18.1 Å². The molecule has 0 spiro atoms. The molecule has 5 nitrogen and oxygen atoms in total. The van der Waals surface area contributed by atoms with E-state index < -0.39 is 23.9 Å². The lowest BCUT2D eigenvalue weighted by molar-refractivity contribution is -0.141. The van der Waals surface area contributed by atoms with Gasteiger partial charge >= 0.3 is 12.1 Å². The summed E-state index contributed by atoms with van der Waals surface area (Å²) in [7, 11) is 0. The van der Waals surface area contributed by atoms with Gasteiger partial charge in [0.25, 0.3) is 0 Å². The zero-order chi connectivity index (χ0) is 15.5. The van der Waals surface area contributed by atoms with Crippen LogP contribution < -0.4 is 4.74 Å². The van der Waals surface area contributed by atoms with Crippen LogP contribution in [0.3, 0.4) is 0 Å². The van der Waals surface area contributed by atoms with E-state index in [4.69, 9.17) is 14.6 Å². The molecular weight excluding hydrogens is 291 g/mol. The fraction of sp³-hybridized carbons (Fsp3) is 0.385. The van der Waals surface area contributed by atoms with Crippen molar-refractivity contribution in [2.75, 3.05) is 13.2 Å². The van der Waals surface area contributed by atoms with Crippen LogP contribution in [0.5, 0.6) is 5.88 Å². The van der Waals surface area contributed by atoms with Crippen LogP contribution in [0.1, 0.15) is 17.7 Å². The van der Waals surface area contributed by atoms with E-state index in [1.54, 1.807) is 0 Å². The predicted molar refractivity (Wildman–Crippen MR) is 65.8 cm³/mol. The first-order valence-corrected chi connectivity index (χ1v) is 6.10. The zero-order valence-corrected chi connectivity index (χ0v) is 10.8. The number of hydrogen-bond donors (Lipinski definition) is 1. The van der Waals surface area contributed by atoms with Gasteiger partial charge in [0.2, 0.25) is 5.88 Å². The van der Waals surface area contributed by atoms with Gasteiger partial charge < -0.3 is 14.6 Å². The lowest BCUT2D eigenvalue weighted by atomic mass is 10.2. The Morgan fingerprint density at radius 3 is 2.81 bits per heavy atom. The van der Waals surface area contributed by atoms with E-state index in [-0.39, 0.29) is 18.1 Å². The highest BCUT2D eigenvalue weighted by molar-refractivity contribution is 5.85. The maximum Gasteiger partial charge on any atom is 0.433 e. The Bertz CT molecular complexity index is 551. The molecule has 0 radical (unpaired) electrons. The van der Waals surface area contributed by atoms with Crippen molar-refractivity contribution in [3.63, 3.8) is 0 Å². The van der Waals surface area contributed by atoms with E-state index in [9.17, 15) is 18.0 Å². The maximum atomic E-state index is 12.7. The third-order valence-corrected chi connectivity index (χ3v) is 2.75. The van der Waals surface area contributed by atoms with Gasteiger partial charge in [0.15, 0.2) is 0 Å². The van der Waals surface area contributed by atoms with Crippen molar-refractivity contribution >= 4 is 12.0 Å². The zero-order valence-electron chi connectivity index (χ0n) is 10.8. The molecule has 1 aliphatic heterocycles. The Kier molecular flexibility index (Phi) is 4.46. The minimum absolute atomic E-state index is 0.164. The Hall–Kier alpha value is -2.09. The van der Waals surface area contributed by atoms with Crippen LogP contribution in [-0.2, 0) is 15.7 Å². The number of nitrogens with zero attached hydrogens (tertiary/aromatic N) is 1. The Balaban J connectivity index is 2.31. The second-order valence-corrected chi connectivity index (χ2v) is 4.36. The fourth-order valence-electron chi connectivity index (χ4n) is 1.76. The molecule has 114 valence electrons. The predicted octanol–water partition coefficient (Wildman–Crippen LogP) is 2.37. The summed E-state index contributed by atoms with van der Waals surface area (Å²) in [6.07, 6.45) is -2.50. The van der Waals surface area contributed by atoms with Gasteiger partial charge in [-0.15, -0.1) is 0 Å². The molecule has 1 aliphatic rings. The molecule has 1 aromatic rings. The molecule has 0 aliphatic carbocycles. The number of hydrogen-bond acceptors (Lipinski definition) is 4. The van der Waals surface area contributed by atoms with Crippen LogP contribution in [0, 0.1) is 0 Å². The standard InChI is InChI=1S/C13H12F3NO4/c14-13(15,16)10-3-1-8(2-4-11(18)19)12(17-10)21-9-5-6-20-7-9/h1-4,9H,5-7H2,(H,18,19). The van der Waals surface area contributed by atoms with E-state index in [0.29, 0.717) is 13.0 Å². The van der Waals surface area contributed by atoms with Crippen molar-refractivity contribution in [3.05, 3.63) is 29.5 Å². The normalized spacial score (nSPS) is 19.1. The van der Waals surface area contributed by atoms with Crippen molar-refractivity contribution in [1.29, 1.82) is 0 Å². The van der Waals surface area contributed by atoms with E-state index >= 15 is 0 Å². The number of halogens is 3. The topological polar surface area (TPSA) is 68.7 Å². The maximum absolute atomic E-state index is 12.7. The number of carbonyl (C=O) groups is 1. The van der Waals surface area contributed by atoms with E-state index in [0.717, 1.165) is 24.3 Å². The quantitative estimate of drug-likeness (QED) is 0.865. The molecule has 1 atom stereocenters. The summed E-state index contributed by atoms with van der Waals surface area (Å²) in [4.78, 5) is 13.9. The molecule has 0 saturated carbocycles. The van der Waals surface area contributed by atoms with Crippen LogP contribution in [0.2, 0.25) is 0 Å². The Morgan fingerprint density at radius 1 is 1.48 bits per heavy atom. The van der Waals surface area contributed by atoms with Gasteiger partial charge in [-0.05, 0) is 18.2 Å². The number of carboxylic acid groups (broad SMARTS) is 1. The molecule has 21 heavy (non-hydrogen) atoms. The number of ether oxygens (including phenoxy) is 2. The molecule has 0 amide bonds. The van der Waals surface area contributed by atoms with E-state index in [1.165, 1.54) is 0 Å². The summed E-state index contributed by atoms with van der Waals surface area (Å²) in [5.74, 6) is -1.47. The summed E-state index contributed by atoms with van der Waals surface area (Å²) in [5.41, 5.74) is -0.929. The molecule has 2 heterocycles. The van der Waals surface area contributed by atoms with Crippen molar-refractivity contribution < 1.29 is 32.5 Å². The summed E-state index contributed by atoms with van der Waals surface area (Å²) in [5, 5.41) is 8.59. The van der Waals surface area contributed by atoms with Gasteiger partial charge in [-0.1, -0.05) is 0 Å². The van der Waals surface area contributed by atoms with Crippen molar-refractivity contribution in [1.82, 2.24) is 4.98 Å². The number of pyridine rings is 1. The molecule has 1 unspecified atom stereocenters. The summed E-state index contributed by atoms with van der Waals surface area (Å²) < 4.78 is 48.5. The first kappa shape index (κ1) is 15.3. The minimum Gasteiger partial charge on any atom is -0.478 e. The van der Waals surface area contributed by atoms with Gasteiger partial charge in [-0.2, -0.15) is 13.2 Å². The SMILES string of the molecule is O=C(O)C=Cc1ccc(C(F)(F)F)nc1OC1CCOC1. The van der Waals surface area contributed by atoms with Crippen LogP contribution >= 0.6 is 0 Å². The lowest BCUT2D eigenvalue weighted by Gasteiger charge is -2.15. The minimum atomic E-state index is -4.60. The summed E-state index contributed by atoms with van der Waals surface area (Å²) in [6.45, 7) is 0.726. The Morgan fingerprint density at radius 2 is 2.24 bits per heavy atom. The van der Waals surface area contributed by atoms with Crippen molar-refractivity contribution in [3.8, 4) is 5.88 Å². The molecule has 0 bridgehead atoms. The first-order valence-electron chi connectivity index (χ1n) is 6.10. The van der Waals surface area contributed by atoms with Crippen molar-refractivity contribution in [2.45, 2.75) is 18.7 Å². The lowest BCUT2D eigenvalue weighted by Crippen LogP contribution is -2.18. The van der Waals surface area contributed by atoms with E-state index in [2.05, 4.69) is 4.98 Å². The smallest absolute Gasteiger partial charge is 0.433 e. The second-order valence-electron chi connectivity index (χ2n) is 4.36. The highest BCUT2D eigenvalue weighted by Gasteiger charge is 2.33. The van der Waals surface area contributed by atoms with Crippen LogP contribution in [0.25, 0.3) is 6.08 Å². The molecule has 1 saturated heterocycles. The number of alkyl halides is 3. The van der Waals surface area contributed by atoms with Crippen LogP contribution in [0.15, 0.2) is 18.2 Å². The van der Waals surface area contributed by atoms with Gasteiger partial charge in [-0.3, -0.25) is 0 Å². The number of carboxylic acids is 1. The first-order chi connectivity index (χ1) is 9.86. The Labute approximate surface area is 118 Å². The molecule has 0 aromatic carbocycles. The number of aliphatic carboxylic acids is 1. The third-order valence-electron chi connectivity index (χ3n) is 2.75. The van der Waals surface area contributed by atoms with Gasteiger partial charge in [0.1, 0.15) is 11.8 Å². The fourth-order valence-corrected chi connectivity index (χ4v) is 1.76. The molecule has 1 N–H and O–H groups in total. The highest BCUT2D eigenvalue weighted by Crippen LogP contribution is 2.31. The molecule has 1 aromatic heterocycles. The van der Waals surface area contributed by atoms with Crippen LogP contribution in [0.4, 0.5) is 13.2 Å². The molecule has 8 heteroatoms. The highest BCUT2D eigenvalue weighted by atomic mass is 19.4. The summed E-state index contributed by atoms with van der Waals surface area (Å²) >= 11 is 0. The number of aromatic nitrogens is 1. The van der Waals surface area contributed by atoms with E-state index in [1.807, 2.05) is 0 Å². The monoisotopic (exact) mass is 303 g/mol. The van der Waals surface area contributed by atoms with Crippen LogP contribution in [-0.4, -0.2) is 35.4 Å². The molecule has 2 rings (SSSR count). The third kappa shape index (κ3) is 4.19. The molecule has 1 fully saturated rings. The van der Waals surface area contributed by atoms with Gasteiger partial charge in [-0.25, -0.2) is 9.78 Å². The van der Waals surface area contributed by atoms with Crippen molar-refractivity contribution in [2.24, 2.45) is 0 Å². The number of rotatable bonds is 4. The average molecular weight is 303 g/mol. The second kappa shape index (κ2) is 6.13. The summed E-state index contributed by atoms with van der Waals surface area (Å²) in [6, 6.07) is 1.90. The molecular formula is C13H12F3NO4. The van der Waals surface area contributed by atoms with Gasteiger partial charge in [0.05, 0.1) is 13.2 Å². The largest absolute Gasteiger partial charge is 0.478 e.